The number of hydrogen-bond donors (Lipinski definition) is 2. The van der Waals surface area contributed by atoms with Gasteiger partial charge in [-0.1, -0.05) is 25.0 Å². The maximum atomic E-state index is 12.7. The van der Waals surface area contributed by atoms with Crippen molar-refractivity contribution in [2.45, 2.75) is 45.6 Å². The molecule has 0 heterocycles. The van der Waals surface area contributed by atoms with E-state index in [-0.39, 0.29) is 11.3 Å². The summed E-state index contributed by atoms with van der Waals surface area (Å²) in [4.78, 5) is 19.2. The molecule has 30 heavy (non-hydrogen) atoms. The van der Waals surface area contributed by atoms with Crippen molar-refractivity contribution in [1.29, 1.82) is 0 Å². The minimum atomic E-state index is -0.340. The predicted molar refractivity (Wildman–Crippen MR) is 121 cm³/mol. The Morgan fingerprint density at radius 2 is 1.87 bits per heavy atom. The first-order valence-corrected chi connectivity index (χ1v) is 11.0. The molecule has 0 radical (unpaired) electrons. The summed E-state index contributed by atoms with van der Waals surface area (Å²) in [7, 11) is 5.33. The van der Waals surface area contributed by atoms with Gasteiger partial charge in [0.1, 0.15) is 5.75 Å². The van der Waals surface area contributed by atoms with Crippen molar-refractivity contribution in [3.8, 4) is 5.75 Å². The van der Waals surface area contributed by atoms with Crippen LogP contribution in [0.3, 0.4) is 0 Å². The van der Waals surface area contributed by atoms with Crippen LogP contribution >= 0.6 is 0 Å². The number of amides is 1. The molecule has 0 atom stereocenters. The second-order valence-electron chi connectivity index (χ2n) is 8.06. The molecule has 0 unspecified atom stereocenters. The van der Waals surface area contributed by atoms with Gasteiger partial charge >= 0.3 is 0 Å². The van der Waals surface area contributed by atoms with E-state index in [4.69, 9.17) is 14.5 Å². The highest BCUT2D eigenvalue weighted by molar-refractivity contribution is 5.84. The number of guanidine groups is 1. The first-order valence-electron chi connectivity index (χ1n) is 11.0. The SMILES string of the molecule is CCNC(=NCC1(C(=O)N(C)C)CCCC1)NCCCOCc1ccc(OC)cc1. The molecular weight excluding hydrogens is 380 g/mol. The molecule has 1 aliphatic rings. The summed E-state index contributed by atoms with van der Waals surface area (Å²) in [5.41, 5.74) is 0.791. The second kappa shape index (κ2) is 12.4. The van der Waals surface area contributed by atoms with Crippen LogP contribution in [0.4, 0.5) is 0 Å². The highest BCUT2D eigenvalue weighted by Crippen LogP contribution is 2.39. The van der Waals surface area contributed by atoms with Crippen LogP contribution in [-0.4, -0.2) is 64.2 Å². The van der Waals surface area contributed by atoms with Gasteiger partial charge in [0, 0.05) is 33.8 Å². The molecule has 1 aromatic rings. The first kappa shape index (κ1) is 24.0. The molecule has 1 fully saturated rings. The molecule has 1 amide bonds. The average Bonchev–Trinajstić information content (AvgIpc) is 3.24. The monoisotopic (exact) mass is 418 g/mol. The van der Waals surface area contributed by atoms with E-state index in [1.54, 1.807) is 12.0 Å². The van der Waals surface area contributed by atoms with E-state index in [1.807, 2.05) is 45.3 Å². The summed E-state index contributed by atoms with van der Waals surface area (Å²) in [6.07, 6.45) is 4.93. The Labute approximate surface area is 181 Å². The Hall–Kier alpha value is -2.28. The summed E-state index contributed by atoms with van der Waals surface area (Å²) >= 11 is 0. The zero-order chi connectivity index (χ0) is 21.8. The van der Waals surface area contributed by atoms with Crippen LogP contribution in [0, 0.1) is 5.41 Å². The summed E-state index contributed by atoms with van der Waals surface area (Å²) in [5.74, 6) is 1.82. The van der Waals surface area contributed by atoms with Gasteiger partial charge < -0.3 is 25.0 Å². The summed E-state index contributed by atoms with van der Waals surface area (Å²) in [6.45, 7) is 5.39. The number of rotatable bonds is 11. The van der Waals surface area contributed by atoms with Crippen molar-refractivity contribution >= 4 is 11.9 Å². The smallest absolute Gasteiger partial charge is 0.230 e. The fourth-order valence-electron chi connectivity index (χ4n) is 3.83. The van der Waals surface area contributed by atoms with Crippen molar-refractivity contribution in [2.24, 2.45) is 10.4 Å². The number of benzene rings is 1. The number of nitrogens with zero attached hydrogens (tertiary/aromatic N) is 2. The molecule has 7 nitrogen and oxygen atoms in total. The Bertz CT molecular complexity index is 668. The van der Waals surface area contributed by atoms with Crippen LogP contribution in [0.1, 0.15) is 44.6 Å². The van der Waals surface area contributed by atoms with Crippen molar-refractivity contribution in [3.05, 3.63) is 29.8 Å². The molecule has 0 bridgehead atoms. The average molecular weight is 419 g/mol. The molecule has 1 aliphatic carbocycles. The quantitative estimate of drug-likeness (QED) is 0.328. The van der Waals surface area contributed by atoms with Crippen LogP contribution < -0.4 is 15.4 Å². The fourth-order valence-corrected chi connectivity index (χ4v) is 3.83. The van der Waals surface area contributed by atoms with Gasteiger partial charge in [0.15, 0.2) is 5.96 Å². The second-order valence-corrected chi connectivity index (χ2v) is 8.06. The van der Waals surface area contributed by atoms with Gasteiger partial charge in [-0.2, -0.15) is 0 Å². The van der Waals surface area contributed by atoms with E-state index < -0.39 is 0 Å². The Morgan fingerprint density at radius 3 is 2.47 bits per heavy atom. The third-order valence-electron chi connectivity index (χ3n) is 5.49. The number of methoxy groups -OCH3 is 1. The third kappa shape index (κ3) is 7.20. The Morgan fingerprint density at radius 1 is 1.17 bits per heavy atom. The third-order valence-corrected chi connectivity index (χ3v) is 5.49. The lowest BCUT2D eigenvalue weighted by atomic mass is 9.85. The lowest BCUT2D eigenvalue weighted by Gasteiger charge is -2.29. The number of carbonyl (C=O) groups excluding carboxylic acids is 1. The van der Waals surface area contributed by atoms with Gasteiger partial charge in [-0.15, -0.1) is 0 Å². The van der Waals surface area contributed by atoms with E-state index in [0.29, 0.717) is 19.8 Å². The zero-order valence-corrected chi connectivity index (χ0v) is 19.0. The number of hydrogen-bond acceptors (Lipinski definition) is 4. The fraction of sp³-hybridized carbons (Fsp3) is 0.652. The molecule has 1 aromatic carbocycles. The van der Waals surface area contributed by atoms with Gasteiger partial charge in [0.2, 0.25) is 5.91 Å². The van der Waals surface area contributed by atoms with Crippen molar-refractivity contribution in [3.63, 3.8) is 0 Å². The number of ether oxygens (including phenoxy) is 2. The molecule has 0 saturated heterocycles. The molecule has 168 valence electrons. The van der Waals surface area contributed by atoms with Crippen molar-refractivity contribution < 1.29 is 14.3 Å². The van der Waals surface area contributed by atoms with Crippen molar-refractivity contribution in [2.75, 3.05) is 47.4 Å². The summed E-state index contributed by atoms with van der Waals surface area (Å²) < 4.78 is 10.9. The van der Waals surface area contributed by atoms with E-state index in [2.05, 4.69) is 10.6 Å². The molecule has 1 saturated carbocycles. The summed E-state index contributed by atoms with van der Waals surface area (Å²) in [5, 5.41) is 6.64. The van der Waals surface area contributed by atoms with Gasteiger partial charge in [0.05, 0.1) is 25.7 Å². The Balaban J connectivity index is 1.75. The largest absolute Gasteiger partial charge is 0.497 e. The standard InChI is InChI=1S/C23H38N4O3/c1-5-24-22(26-18-23(13-6-7-14-23)21(28)27(2)3)25-15-8-16-30-17-19-9-11-20(29-4)12-10-19/h9-12H,5-8,13-18H2,1-4H3,(H2,24,25,26). The maximum absolute atomic E-state index is 12.7. The molecule has 2 rings (SSSR count). The van der Waals surface area contributed by atoms with E-state index in [9.17, 15) is 4.79 Å². The van der Waals surface area contributed by atoms with E-state index >= 15 is 0 Å². The van der Waals surface area contributed by atoms with Gasteiger partial charge in [-0.05, 0) is 43.9 Å². The van der Waals surface area contributed by atoms with Crippen LogP contribution in [-0.2, 0) is 16.1 Å². The highest BCUT2D eigenvalue weighted by Gasteiger charge is 2.42. The van der Waals surface area contributed by atoms with Crippen LogP contribution in [0.5, 0.6) is 5.75 Å². The number of carbonyl (C=O) groups is 1. The number of nitrogens with one attached hydrogen (secondary N) is 2. The summed E-state index contributed by atoms with van der Waals surface area (Å²) in [6, 6.07) is 7.91. The molecule has 0 spiro atoms. The molecule has 2 N–H and O–H groups in total. The molecule has 0 aliphatic heterocycles. The van der Waals surface area contributed by atoms with Crippen molar-refractivity contribution in [1.82, 2.24) is 15.5 Å². The lowest BCUT2D eigenvalue weighted by Crippen LogP contribution is -2.43. The number of aliphatic imine (C=N–C) groups is 1. The first-order chi connectivity index (χ1) is 14.5. The predicted octanol–water partition coefficient (Wildman–Crippen LogP) is 2.81. The van der Waals surface area contributed by atoms with E-state index in [1.165, 1.54) is 0 Å². The maximum Gasteiger partial charge on any atom is 0.230 e. The van der Waals surface area contributed by atoms with Gasteiger partial charge in [-0.25, -0.2) is 0 Å². The molecular formula is C23H38N4O3. The topological polar surface area (TPSA) is 75.2 Å². The highest BCUT2D eigenvalue weighted by atomic mass is 16.5. The van der Waals surface area contributed by atoms with Crippen LogP contribution in [0.25, 0.3) is 0 Å². The van der Waals surface area contributed by atoms with Gasteiger partial charge in [-0.3, -0.25) is 9.79 Å². The van der Waals surface area contributed by atoms with Crippen LogP contribution in [0.2, 0.25) is 0 Å². The van der Waals surface area contributed by atoms with Crippen LogP contribution in [0.15, 0.2) is 29.3 Å². The van der Waals surface area contributed by atoms with Gasteiger partial charge in [0.25, 0.3) is 0 Å². The Kier molecular flexibility index (Phi) is 9.94. The normalized spacial score (nSPS) is 15.7. The molecule has 0 aromatic heterocycles. The molecule has 7 heteroatoms. The minimum Gasteiger partial charge on any atom is -0.497 e. The lowest BCUT2D eigenvalue weighted by molar-refractivity contribution is -0.138. The minimum absolute atomic E-state index is 0.200. The zero-order valence-electron chi connectivity index (χ0n) is 19.0. The van der Waals surface area contributed by atoms with E-state index in [0.717, 1.165) is 62.5 Å².